The van der Waals surface area contributed by atoms with Crippen LogP contribution in [0.2, 0.25) is 0 Å². The maximum atomic E-state index is 12.2. The van der Waals surface area contributed by atoms with Crippen LogP contribution in [0, 0.1) is 18.3 Å². The molecule has 1 aromatic heterocycles. The smallest absolute Gasteiger partial charge is 0.227 e. The SMILES string of the molecule is CCC(C)(CC(C)C(=O)Nc1ccc(C)nc1)C(=O)NC. The second-order valence-electron chi connectivity index (χ2n) is 5.78. The predicted molar refractivity (Wildman–Crippen MR) is 83.8 cm³/mol. The molecule has 0 bridgehead atoms. The molecule has 2 unspecified atom stereocenters. The Balaban J connectivity index is 2.69. The minimum atomic E-state index is -0.531. The van der Waals surface area contributed by atoms with Crippen LogP contribution in [0.3, 0.4) is 0 Å². The molecule has 0 saturated carbocycles. The number of aryl methyl sites for hydroxylation is 1. The summed E-state index contributed by atoms with van der Waals surface area (Å²) in [4.78, 5) is 28.3. The molecule has 0 radical (unpaired) electrons. The Morgan fingerprint density at radius 2 is 2.05 bits per heavy atom. The summed E-state index contributed by atoms with van der Waals surface area (Å²) in [6, 6.07) is 3.67. The minimum absolute atomic E-state index is 0.0262. The van der Waals surface area contributed by atoms with E-state index < -0.39 is 5.41 Å². The van der Waals surface area contributed by atoms with Gasteiger partial charge in [-0.1, -0.05) is 20.8 Å². The maximum Gasteiger partial charge on any atom is 0.227 e. The van der Waals surface area contributed by atoms with Crippen molar-refractivity contribution in [2.75, 3.05) is 12.4 Å². The van der Waals surface area contributed by atoms with E-state index in [-0.39, 0.29) is 17.7 Å². The van der Waals surface area contributed by atoms with E-state index in [1.807, 2.05) is 39.8 Å². The van der Waals surface area contributed by atoms with Gasteiger partial charge in [-0.2, -0.15) is 0 Å². The van der Waals surface area contributed by atoms with Crippen molar-refractivity contribution in [3.05, 3.63) is 24.0 Å². The highest BCUT2D eigenvalue weighted by Crippen LogP contribution is 2.30. The van der Waals surface area contributed by atoms with E-state index in [1.54, 1.807) is 13.2 Å². The Kier molecular flexibility index (Phi) is 5.88. The number of nitrogens with zero attached hydrogens (tertiary/aromatic N) is 1. The van der Waals surface area contributed by atoms with Crippen LogP contribution < -0.4 is 10.6 Å². The molecule has 2 atom stereocenters. The zero-order valence-electron chi connectivity index (χ0n) is 13.5. The highest BCUT2D eigenvalue weighted by Gasteiger charge is 2.34. The number of nitrogens with one attached hydrogen (secondary N) is 2. The number of carbonyl (C=O) groups is 2. The van der Waals surface area contributed by atoms with Gasteiger partial charge in [0.2, 0.25) is 11.8 Å². The fourth-order valence-electron chi connectivity index (χ4n) is 2.28. The van der Waals surface area contributed by atoms with Crippen molar-refractivity contribution in [2.24, 2.45) is 11.3 Å². The van der Waals surface area contributed by atoms with Gasteiger partial charge in [-0.25, -0.2) is 0 Å². The molecule has 21 heavy (non-hydrogen) atoms. The van der Waals surface area contributed by atoms with Crippen LogP contribution >= 0.6 is 0 Å². The zero-order chi connectivity index (χ0) is 16.0. The Bertz CT molecular complexity index is 499. The molecule has 0 saturated heterocycles. The number of pyridine rings is 1. The van der Waals surface area contributed by atoms with E-state index in [2.05, 4.69) is 15.6 Å². The van der Waals surface area contributed by atoms with Gasteiger partial charge in [0.25, 0.3) is 0 Å². The fourth-order valence-corrected chi connectivity index (χ4v) is 2.28. The van der Waals surface area contributed by atoms with Gasteiger partial charge in [-0.15, -0.1) is 0 Å². The third kappa shape index (κ3) is 4.55. The van der Waals surface area contributed by atoms with E-state index >= 15 is 0 Å². The quantitative estimate of drug-likeness (QED) is 0.846. The van der Waals surface area contributed by atoms with Crippen molar-refractivity contribution in [3.63, 3.8) is 0 Å². The van der Waals surface area contributed by atoms with Crippen molar-refractivity contribution in [2.45, 2.75) is 40.5 Å². The summed E-state index contributed by atoms with van der Waals surface area (Å²) in [5.74, 6) is -0.376. The van der Waals surface area contributed by atoms with Crippen LogP contribution in [-0.2, 0) is 9.59 Å². The number of anilines is 1. The first-order valence-corrected chi connectivity index (χ1v) is 7.28. The van der Waals surface area contributed by atoms with E-state index in [0.717, 1.165) is 5.69 Å². The van der Waals surface area contributed by atoms with Crippen LogP contribution in [0.15, 0.2) is 18.3 Å². The molecular weight excluding hydrogens is 266 g/mol. The number of hydrogen-bond donors (Lipinski definition) is 2. The summed E-state index contributed by atoms with van der Waals surface area (Å²) in [5.41, 5.74) is 1.05. The van der Waals surface area contributed by atoms with Gasteiger partial charge < -0.3 is 10.6 Å². The van der Waals surface area contributed by atoms with Crippen LogP contribution in [0.5, 0.6) is 0 Å². The minimum Gasteiger partial charge on any atom is -0.359 e. The normalized spacial score (nSPS) is 14.9. The first-order chi connectivity index (χ1) is 9.82. The molecule has 0 aromatic carbocycles. The van der Waals surface area contributed by atoms with Crippen LogP contribution in [0.4, 0.5) is 5.69 Å². The van der Waals surface area contributed by atoms with Crippen LogP contribution in [0.25, 0.3) is 0 Å². The highest BCUT2D eigenvalue weighted by molar-refractivity contribution is 5.93. The van der Waals surface area contributed by atoms with E-state index in [0.29, 0.717) is 18.5 Å². The first-order valence-electron chi connectivity index (χ1n) is 7.28. The molecule has 1 aromatic rings. The summed E-state index contributed by atoms with van der Waals surface area (Å²) in [6.45, 7) is 7.59. The van der Waals surface area contributed by atoms with Crippen molar-refractivity contribution >= 4 is 17.5 Å². The van der Waals surface area contributed by atoms with E-state index in [9.17, 15) is 9.59 Å². The maximum absolute atomic E-state index is 12.2. The average molecular weight is 291 g/mol. The van der Waals surface area contributed by atoms with Gasteiger partial charge in [0.15, 0.2) is 0 Å². The number of aromatic nitrogens is 1. The molecule has 116 valence electrons. The lowest BCUT2D eigenvalue weighted by atomic mass is 9.78. The molecule has 0 aliphatic heterocycles. The first kappa shape index (κ1) is 17.1. The van der Waals surface area contributed by atoms with Crippen molar-refractivity contribution < 1.29 is 9.59 Å². The Hall–Kier alpha value is -1.91. The third-order valence-corrected chi connectivity index (χ3v) is 3.94. The molecule has 2 N–H and O–H groups in total. The second kappa shape index (κ2) is 7.20. The molecule has 1 heterocycles. The van der Waals surface area contributed by atoms with Gasteiger partial charge in [-0.3, -0.25) is 14.6 Å². The lowest BCUT2D eigenvalue weighted by Gasteiger charge is -2.28. The zero-order valence-corrected chi connectivity index (χ0v) is 13.5. The third-order valence-electron chi connectivity index (χ3n) is 3.94. The van der Waals surface area contributed by atoms with Gasteiger partial charge in [0, 0.05) is 24.1 Å². The molecule has 1 rings (SSSR count). The monoisotopic (exact) mass is 291 g/mol. The highest BCUT2D eigenvalue weighted by atomic mass is 16.2. The van der Waals surface area contributed by atoms with E-state index in [1.165, 1.54) is 0 Å². The van der Waals surface area contributed by atoms with Gasteiger partial charge >= 0.3 is 0 Å². The number of amides is 2. The molecule has 0 aliphatic carbocycles. The lowest BCUT2D eigenvalue weighted by Crippen LogP contribution is -2.39. The number of rotatable bonds is 6. The second-order valence-corrected chi connectivity index (χ2v) is 5.78. The molecular formula is C16H25N3O2. The molecule has 2 amide bonds. The summed E-state index contributed by atoms with van der Waals surface area (Å²) >= 11 is 0. The number of hydrogen-bond acceptors (Lipinski definition) is 3. The number of carbonyl (C=O) groups excluding carboxylic acids is 2. The van der Waals surface area contributed by atoms with Gasteiger partial charge in [0.05, 0.1) is 11.9 Å². The standard InChI is InChI=1S/C16H25N3O2/c1-6-16(4,15(21)17-5)9-11(2)14(20)19-13-8-7-12(3)18-10-13/h7-8,10-11H,6,9H2,1-5H3,(H,17,21)(H,19,20). The Labute approximate surface area is 126 Å². The molecule has 0 fully saturated rings. The molecule has 5 heteroatoms. The molecule has 5 nitrogen and oxygen atoms in total. The fraction of sp³-hybridized carbons (Fsp3) is 0.562. The van der Waals surface area contributed by atoms with Crippen molar-refractivity contribution in [1.82, 2.24) is 10.3 Å². The molecule has 0 spiro atoms. The van der Waals surface area contributed by atoms with Crippen molar-refractivity contribution in [1.29, 1.82) is 0 Å². The van der Waals surface area contributed by atoms with Crippen LogP contribution in [0.1, 0.15) is 39.3 Å². The summed E-state index contributed by atoms with van der Waals surface area (Å²) in [7, 11) is 1.62. The van der Waals surface area contributed by atoms with Gasteiger partial charge in [0.1, 0.15) is 0 Å². The summed E-state index contributed by atoms with van der Waals surface area (Å²) < 4.78 is 0. The largest absolute Gasteiger partial charge is 0.359 e. The van der Waals surface area contributed by atoms with Gasteiger partial charge in [-0.05, 0) is 31.9 Å². The topological polar surface area (TPSA) is 71.1 Å². The van der Waals surface area contributed by atoms with E-state index in [4.69, 9.17) is 0 Å². The Morgan fingerprint density at radius 1 is 1.38 bits per heavy atom. The van der Waals surface area contributed by atoms with Crippen LogP contribution in [-0.4, -0.2) is 23.8 Å². The van der Waals surface area contributed by atoms with Crippen molar-refractivity contribution in [3.8, 4) is 0 Å². The average Bonchev–Trinajstić information content (AvgIpc) is 2.48. The molecule has 0 aliphatic rings. The predicted octanol–water partition coefficient (Wildman–Crippen LogP) is 2.52. The summed E-state index contributed by atoms with van der Waals surface area (Å²) in [6.07, 6.45) is 2.84. The Morgan fingerprint density at radius 3 is 2.52 bits per heavy atom. The lowest BCUT2D eigenvalue weighted by molar-refractivity contribution is -0.131. The summed E-state index contributed by atoms with van der Waals surface area (Å²) in [5, 5.41) is 5.52.